The third-order valence-electron chi connectivity index (χ3n) is 7.57. The van der Waals surface area contributed by atoms with Gasteiger partial charge in [0.15, 0.2) is 0 Å². The number of amides is 2. The Hall–Kier alpha value is -2.48. The van der Waals surface area contributed by atoms with E-state index in [9.17, 15) is 9.59 Å². The third kappa shape index (κ3) is 3.13. The van der Waals surface area contributed by atoms with Gasteiger partial charge in [-0.3, -0.25) is 19.5 Å². The zero-order chi connectivity index (χ0) is 22.3. The average Bonchev–Trinajstić information content (AvgIpc) is 3.32. The molecule has 33 heavy (non-hydrogen) atoms. The largest absolute Gasteiger partial charge is 0.365 e. The van der Waals surface area contributed by atoms with Crippen LogP contribution in [0.25, 0.3) is 21.3 Å². The van der Waals surface area contributed by atoms with Crippen molar-refractivity contribution in [3.63, 3.8) is 0 Å². The van der Waals surface area contributed by atoms with E-state index in [4.69, 9.17) is 11.6 Å². The van der Waals surface area contributed by atoms with Crippen LogP contribution in [0.15, 0.2) is 30.5 Å². The van der Waals surface area contributed by atoms with Crippen LogP contribution in [-0.2, 0) is 16.1 Å². The summed E-state index contributed by atoms with van der Waals surface area (Å²) >= 11 is 8.29. The van der Waals surface area contributed by atoms with Crippen molar-refractivity contribution in [2.24, 2.45) is 5.92 Å². The number of anilines is 1. The van der Waals surface area contributed by atoms with Crippen molar-refractivity contribution in [2.45, 2.75) is 37.8 Å². The lowest BCUT2D eigenvalue weighted by Gasteiger charge is -2.44. The van der Waals surface area contributed by atoms with E-state index in [1.807, 2.05) is 12.3 Å². The van der Waals surface area contributed by atoms with Crippen LogP contribution >= 0.6 is 22.9 Å². The van der Waals surface area contributed by atoms with E-state index in [-0.39, 0.29) is 11.8 Å². The van der Waals surface area contributed by atoms with E-state index in [1.54, 1.807) is 11.3 Å². The molecule has 2 aromatic heterocycles. The summed E-state index contributed by atoms with van der Waals surface area (Å²) in [4.78, 5) is 33.8. The van der Waals surface area contributed by atoms with Crippen LogP contribution in [0.1, 0.15) is 35.6 Å². The Morgan fingerprint density at radius 1 is 1.12 bits per heavy atom. The molecule has 2 saturated heterocycles. The van der Waals surface area contributed by atoms with Crippen molar-refractivity contribution in [1.82, 2.24) is 15.2 Å². The number of likely N-dealkylation sites (tertiary alicyclic amines) is 1. The molecule has 2 amide bonds. The number of carbonyl (C=O) groups is 2. The maximum absolute atomic E-state index is 12.1. The highest BCUT2D eigenvalue weighted by Crippen LogP contribution is 2.58. The quantitative estimate of drug-likeness (QED) is 0.570. The second-order valence-electron chi connectivity index (χ2n) is 9.62. The second kappa shape index (κ2) is 7.26. The van der Waals surface area contributed by atoms with Crippen LogP contribution in [0.5, 0.6) is 0 Å². The first-order chi connectivity index (χ1) is 16.1. The predicted octanol–water partition coefficient (Wildman–Crippen LogP) is 4.16. The lowest BCUT2D eigenvalue weighted by molar-refractivity contribution is -0.138. The fraction of sp³-hybridized carbons (Fsp3) is 0.400. The molecule has 3 aromatic rings. The molecule has 1 saturated carbocycles. The van der Waals surface area contributed by atoms with Crippen LogP contribution in [0.3, 0.4) is 0 Å². The average molecular weight is 479 g/mol. The first kappa shape index (κ1) is 19.9. The molecular weight excluding hydrogens is 456 g/mol. The molecule has 1 aliphatic carbocycles. The van der Waals surface area contributed by atoms with Gasteiger partial charge in [-0.1, -0.05) is 11.6 Å². The third-order valence-corrected chi connectivity index (χ3v) is 8.93. The number of benzene rings is 1. The van der Waals surface area contributed by atoms with E-state index in [1.165, 1.54) is 28.1 Å². The number of hydrogen-bond acceptors (Lipinski definition) is 6. The number of halogens is 1. The molecule has 3 fully saturated rings. The zero-order valence-corrected chi connectivity index (χ0v) is 19.6. The number of fused-ring (bicyclic) bond motifs is 4. The minimum absolute atomic E-state index is 0.0849. The zero-order valence-electron chi connectivity index (χ0n) is 18.0. The van der Waals surface area contributed by atoms with Gasteiger partial charge in [0.2, 0.25) is 11.8 Å². The van der Waals surface area contributed by atoms with Crippen LogP contribution < -0.4 is 10.2 Å². The van der Waals surface area contributed by atoms with Gasteiger partial charge < -0.3 is 10.2 Å². The highest BCUT2D eigenvalue weighted by atomic mass is 35.5. The van der Waals surface area contributed by atoms with Crippen LogP contribution in [-0.4, -0.2) is 47.4 Å². The standard InChI is InChI=1S/C25H23ClN4O2S/c26-14-6-19(24-20(7-14)18-5-13(18)11-29(24)15-9-27-10-15)17-3-4-28-21-8-16(33-25(17)21)12-30-22(31)1-2-23(30)32/h3-4,6-8,13,15,18,27H,1-2,5,9-12H2. The Labute approximate surface area is 200 Å². The van der Waals surface area contributed by atoms with E-state index < -0.39 is 0 Å². The number of imide groups is 1. The second-order valence-corrected chi connectivity index (χ2v) is 11.2. The van der Waals surface area contributed by atoms with Crippen molar-refractivity contribution in [3.8, 4) is 11.1 Å². The monoisotopic (exact) mass is 478 g/mol. The highest BCUT2D eigenvalue weighted by Gasteiger charge is 2.48. The molecule has 1 aromatic carbocycles. The van der Waals surface area contributed by atoms with Crippen molar-refractivity contribution in [3.05, 3.63) is 45.9 Å². The van der Waals surface area contributed by atoms with Gasteiger partial charge >= 0.3 is 0 Å². The molecule has 2 unspecified atom stereocenters. The normalized spacial score (nSPS) is 24.3. The summed E-state index contributed by atoms with van der Waals surface area (Å²) in [6.07, 6.45) is 3.73. The van der Waals surface area contributed by atoms with Gasteiger partial charge in [-0.05, 0) is 48.1 Å². The minimum Gasteiger partial charge on any atom is -0.365 e. The highest BCUT2D eigenvalue weighted by molar-refractivity contribution is 7.19. The Balaban J connectivity index is 1.36. The minimum atomic E-state index is -0.0849. The molecule has 6 nitrogen and oxygen atoms in total. The molecule has 0 bridgehead atoms. The maximum atomic E-state index is 12.1. The molecule has 2 atom stereocenters. The van der Waals surface area contributed by atoms with Crippen molar-refractivity contribution < 1.29 is 9.59 Å². The number of nitrogens with one attached hydrogen (secondary N) is 1. The molecule has 3 aliphatic heterocycles. The van der Waals surface area contributed by atoms with Gasteiger partial charge in [0.05, 0.1) is 22.8 Å². The Kier molecular flexibility index (Phi) is 4.39. The fourth-order valence-corrected chi connectivity index (χ4v) is 7.02. The SMILES string of the molecule is O=C1CCC(=O)N1Cc1cc2nccc(-c3cc(Cl)cc4c3N(C3CNC3)CC3CC43)c2s1. The van der Waals surface area contributed by atoms with Gasteiger partial charge in [0.25, 0.3) is 0 Å². The van der Waals surface area contributed by atoms with Gasteiger partial charge in [0, 0.05) is 65.4 Å². The first-order valence-corrected chi connectivity index (χ1v) is 12.8. The maximum Gasteiger partial charge on any atom is 0.230 e. The first-order valence-electron chi connectivity index (χ1n) is 11.6. The summed E-state index contributed by atoms with van der Waals surface area (Å²) in [6, 6.07) is 8.89. The molecule has 168 valence electrons. The number of aromatic nitrogens is 1. The summed E-state index contributed by atoms with van der Waals surface area (Å²) < 4.78 is 1.08. The molecule has 7 rings (SSSR count). The molecule has 0 radical (unpaired) electrons. The number of nitrogens with zero attached hydrogens (tertiary/aromatic N) is 3. The lowest BCUT2D eigenvalue weighted by atomic mass is 9.91. The van der Waals surface area contributed by atoms with E-state index in [0.717, 1.165) is 51.2 Å². The lowest BCUT2D eigenvalue weighted by Crippen LogP contribution is -2.58. The molecule has 5 heterocycles. The summed E-state index contributed by atoms with van der Waals surface area (Å²) in [6.45, 7) is 3.48. The summed E-state index contributed by atoms with van der Waals surface area (Å²) in [5.74, 6) is 1.19. The number of pyridine rings is 1. The van der Waals surface area contributed by atoms with Crippen LogP contribution in [0.2, 0.25) is 5.02 Å². The van der Waals surface area contributed by atoms with Gasteiger partial charge in [-0.25, -0.2) is 0 Å². The van der Waals surface area contributed by atoms with Gasteiger partial charge in [0.1, 0.15) is 0 Å². The number of carbonyl (C=O) groups excluding carboxylic acids is 2. The number of rotatable bonds is 4. The Morgan fingerprint density at radius 2 is 1.94 bits per heavy atom. The van der Waals surface area contributed by atoms with Crippen molar-refractivity contribution >= 4 is 50.7 Å². The van der Waals surface area contributed by atoms with E-state index >= 15 is 0 Å². The van der Waals surface area contributed by atoms with Crippen molar-refractivity contribution in [1.29, 1.82) is 0 Å². The molecule has 0 spiro atoms. The van der Waals surface area contributed by atoms with Gasteiger partial charge in [-0.15, -0.1) is 11.3 Å². The Bertz CT molecular complexity index is 1320. The Morgan fingerprint density at radius 3 is 2.70 bits per heavy atom. The topological polar surface area (TPSA) is 65.5 Å². The van der Waals surface area contributed by atoms with E-state index in [2.05, 4.69) is 33.4 Å². The fourth-order valence-electron chi connectivity index (χ4n) is 5.66. The smallest absolute Gasteiger partial charge is 0.230 e. The molecule has 1 N–H and O–H groups in total. The summed E-state index contributed by atoms with van der Waals surface area (Å²) in [7, 11) is 0. The van der Waals surface area contributed by atoms with Crippen molar-refractivity contribution in [2.75, 3.05) is 24.5 Å². The molecule has 4 aliphatic rings. The summed E-state index contributed by atoms with van der Waals surface area (Å²) in [5.41, 5.74) is 5.92. The predicted molar refractivity (Wildman–Crippen MR) is 130 cm³/mol. The number of thiophene rings is 1. The van der Waals surface area contributed by atoms with Gasteiger partial charge in [-0.2, -0.15) is 0 Å². The summed E-state index contributed by atoms with van der Waals surface area (Å²) in [5, 5.41) is 4.20. The molecular formula is C25H23ClN4O2S. The number of hydrogen-bond donors (Lipinski definition) is 1. The van der Waals surface area contributed by atoms with Crippen LogP contribution in [0.4, 0.5) is 5.69 Å². The molecule has 8 heteroatoms. The van der Waals surface area contributed by atoms with Crippen LogP contribution in [0, 0.1) is 5.92 Å². The van der Waals surface area contributed by atoms with E-state index in [0.29, 0.717) is 31.3 Å².